The molecule has 1 aliphatic rings. The third-order valence-electron chi connectivity index (χ3n) is 3.28. The highest BCUT2D eigenvalue weighted by molar-refractivity contribution is 4.90. The Labute approximate surface area is 57.6 Å². The molecule has 0 amide bonds. The lowest BCUT2D eigenvalue weighted by atomic mass is 9.59. The van der Waals surface area contributed by atoms with Crippen LogP contribution in [0.2, 0.25) is 0 Å². The van der Waals surface area contributed by atoms with Crippen LogP contribution in [0.1, 0.15) is 20.8 Å². The van der Waals surface area contributed by atoms with Crippen LogP contribution in [0.3, 0.4) is 0 Å². The van der Waals surface area contributed by atoms with Crippen molar-refractivity contribution in [3.05, 3.63) is 0 Å². The summed E-state index contributed by atoms with van der Waals surface area (Å²) in [6.07, 6.45) is 0. The molecule has 54 valence electrons. The van der Waals surface area contributed by atoms with Crippen LogP contribution in [0, 0.1) is 23.7 Å². The summed E-state index contributed by atoms with van der Waals surface area (Å²) in [4.78, 5) is 0. The van der Waals surface area contributed by atoms with Gasteiger partial charge in [-0.1, -0.05) is 20.8 Å². The summed E-state index contributed by atoms with van der Waals surface area (Å²) < 4.78 is 0. The predicted octanol–water partition coefficient (Wildman–Crippen LogP) is 1.48. The van der Waals surface area contributed by atoms with Crippen molar-refractivity contribution in [3.8, 4) is 0 Å². The molecule has 0 bridgehead atoms. The van der Waals surface area contributed by atoms with Gasteiger partial charge in [-0.2, -0.15) is 0 Å². The molecule has 0 aromatic carbocycles. The van der Waals surface area contributed by atoms with Crippen LogP contribution in [0.25, 0.3) is 0 Å². The number of nitrogens with two attached hydrogens (primary N) is 1. The fraction of sp³-hybridized carbons (Fsp3) is 1.00. The van der Waals surface area contributed by atoms with E-state index in [-0.39, 0.29) is 0 Å². The molecule has 0 aliphatic heterocycles. The minimum atomic E-state index is 0.806. The van der Waals surface area contributed by atoms with Crippen LogP contribution in [0.5, 0.6) is 0 Å². The van der Waals surface area contributed by atoms with E-state index in [1.165, 1.54) is 0 Å². The van der Waals surface area contributed by atoms with Crippen LogP contribution in [0.4, 0.5) is 0 Å². The van der Waals surface area contributed by atoms with Crippen molar-refractivity contribution in [2.45, 2.75) is 20.8 Å². The zero-order chi connectivity index (χ0) is 7.02. The molecule has 1 rings (SSSR count). The van der Waals surface area contributed by atoms with E-state index in [9.17, 15) is 0 Å². The van der Waals surface area contributed by atoms with E-state index in [0.717, 1.165) is 30.2 Å². The zero-order valence-corrected chi connectivity index (χ0v) is 6.59. The lowest BCUT2D eigenvalue weighted by molar-refractivity contribution is 0.0227. The highest BCUT2D eigenvalue weighted by Gasteiger charge is 2.40. The molecule has 1 aliphatic carbocycles. The van der Waals surface area contributed by atoms with Gasteiger partial charge in [0.2, 0.25) is 0 Å². The summed E-state index contributed by atoms with van der Waals surface area (Å²) in [5.74, 6) is 3.44. The van der Waals surface area contributed by atoms with Gasteiger partial charge in [-0.05, 0) is 30.2 Å². The van der Waals surface area contributed by atoms with E-state index in [1.54, 1.807) is 0 Å². The standard InChI is InChI=1S/C8H17N/c1-5-6(2)8(4-9)7(5)3/h5-8H,4,9H2,1-3H3/t5?,6-,7?,8?/m0/s1. The first-order chi connectivity index (χ1) is 4.18. The van der Waals surface area contributed by atoms with Gasteiger partial charge in [-0.15, -0.1) is 0 Å². The highest BCUT2D eigenvalue weighted by atomic mass is 14.6. The largest absolute Gasteiger partial charge is 0.330 e. The van der Waals surface area contributed by atoms with Gasteiger partial charge < -0.3 is 5.73 Å². The molecule has 1 nitrogen and oxygen atoms in total. The van der Waals surface area contributed by atoms with Crippen LogP contribution in [0.15, 0.2) is 0 Å². The van der Waals surface area contributed by atoms with Gasteiger partial charge in [0.1, 0.15) is 0 Å². The van der Waals surface area contributed by atoms with Crippen molar-refractivity contribution in [1.82, 2.24) is 0 Å². The summed E-state index contributed by atoms with van der Waals surface area (Å²) in [7, 11) is 0. The number of rotatable bonds is 1. The lowest BCUT2D eigenvalue weighted by Gasteiger charge is -2.47. The molecule has 9 heavy (non-hydrogen) atoms. The monoisotopic (exact) mass is 127 g/mol. The van der Waals surface area contributed by atoms with Crippen molar-refractivity contribution >= 4 is 0 Å². The second-order valence-electron chi connectivity index (χ2n) is 3.48. The molecule has 1 fully saturated rings. The molecule has 0 radical (unpaired) electrons. The first-order valence-corrected chi connectivity index (χ1v) is 3.88. The Kier molecular flexibility index (Phi) is 1.80. The fourth-order valence-corrected chi connectivity index (χ4v) is 2.02. The fourth-order valence-electron chi connectivity index (χ4n) is 2.02. The summed E-state index contributed by atoms with van der Waals surface area (Å²) in [6.45, 7) is 7.82. The van der Waals surface area contributed by atoms with Gasteiger partial charge in [0, 0.05) is 0 Å². The SMILES string of the molecule is CC1C(C)[C@H](C)C1CN. The lowest BCUT2D eigenvalue weighted by Crippen LogP contribution is -2.45. The summed E-state index contributed by atoms with van der Waals surface area (Å²) in [5, 5.41) is 0. The topological polar surface area (TPSA) is 26.0 Å². The maximum atomic E-state index is 5.58. The predicted molar refractivity (Wildman–Crippen MR) is 40.0 cm³/mol. The molecule has 0 aromatic rings. The Balaban J connectivity index is 2.41. The minimum Gasteiger partial charge on any atom is -0.330 e. The van der Waals surface area contributed by atoms with Crippen LogP contribution < -0.4 is 5.73 Å². The molecule has 3 unspecified atom stereocenters. The molecule has 1 saturated carbocycles. The van der Waals surface area contributed by atoms with Crippen LogP contribution >= 0.6 is 0 Å². The Morgan fingerprint density at radius 3 is 1.67 bits per heavy atom. The second kappa shape index (κ2) is 2.30. The minimum absolute atomic E-state index is 0.806. The maximum Gasteiger partial charge on any atom is -0.00436 e. The molecule has 0 aromatic heterocycles. The molecule has 0 spiro atoms. The maximum absolute atomic E-state index is 5.58. The highest BCUT2D eigenvalue weighted by Crippen LogP contribution is 2.44. The second-order valence-corrected chi connectivity index (χ2v) is 3.48. The summed E-state index contributed by atoms with van der Waals surface area (Å²) in [6, 6.07) is 0. The van der Waals surface area contributed by atoms with Gasteiger partial charge in [-0.3, -0.25) is 0 Å². The normalized spacial score (nSPS) is 50.7. The van der Waals surface area contributed by atoms with E-state index in [4.69, 9.17) is 5.73 Å². The van der Waals surface area contributed by atoms with Gasteiger partial charge in [0.05, 0.1) is 0 Å². The Hall–Kier alpha value is -0.0400. The Morgan fingerprint density at radius 2 is 1.44 bits per heavy atom. The van der Waals surface area contributed by atoms with E-state index >= 15 is 0 Å². The molecule has 0 heterocycles. The Morgan fingerprint density at radius 1 is 1.00 bits per heavy atom. The van der Waals surface area contributed by atoms with Crippen molar-refractivity contribution in [2.24, 2.45) is 29.4 Å². The third-order valence-corrected chi connectivity index (χ3v) is 3.28. The quantitative estimate of drug-likeness (QED) is 0.567. The van der Waals surface area contributed by atoms with Crippen LogP contribution in [-0.2, 0) is 0 Å². The summed E-state index contributed by atoms with van der Waals surface area (Å²) >= 11 is 0. The van der Waals surface area contributed by atoms with E-state index in [1.807, 2.05) is 0 Å². The van der Waals surface area contributed by atoms with E-state index in [0.29, 0.717) is 0 Å². The molecule has 1 heteroatoms. The molecular formula is C8H17N. The third kappa shape index (κ3) is 0.877. The molecule has 0 saturated heterocycles. The first-order valence-electron chi connectivity index (χ1n) is 3.88. The number of hydrogen-bond donors (Lipinski definition) is 1. The Bertz CT molecular complexity index is 90.7. The van der Waals surface area contributed by atoms with Crippen molar-refractivity contribution in [2.75, 3.05) is 6.54 Å². The van der Waals surface area contributed by atoms with Gasteiger partial charge in [-0.25, -0.2) is 0 Å². The number of hydrogen-bond acceptors (Lipinski definition) is 1. The zero-order valence-electron chi connectivity index (χ0n) is 6.59. The molecule has 4 atom stereocenters. The molecule has 2 N–H and O–H groups in total. The van der Waals surface area contributed by atoms with E-state index in [2.05, 4.69) is 20.8 Å². The van der Waals surface area contributed by atoms with Gasteiger partial charge in [0.25, 0.3) is 0 Å². The van der Waals surface area contributed by atoms with Crippen molar-refractivity contribution in [1.29, 1.82) is 0 Å². The average molecular weight is 127 g/mol. The van der Waals surface area contributed by atoms with Crippen molar-refractivity contribution < 1.29 is 0 Å². The summed E-state index contributed by atoms with van der Waals surface area (Å²) in [5.41, 5.74) is 5.58. The van der Waals surface area contributed by atoms with Gasteiger partial charge in [0.15, 0.2) is 0 Å². The van der Waals surface area contributed by atoms with Crippen molar-refractivity contribution in [3.63, 3.8) is 0 Å². The molecular weight excluding hydrogens is 110 g/mol. The van der Waals surface area contributed by atoms with Crippen LogP contribution in [-0.4, -0.2) is 6.54 Å². The smallest absolute Gasteiger partial charge is 0.00436 e. The average Bonchev–Trinajstić information content (AvgIpc) is 1.89. The van der Waals surface area contributed by atoms with Gasteiger partial charge >= 0.3 is 0 Å². The van der Waals surface area contributed by atoms with E-state index < -0.39 is 0 Å². The first kappa shape index (κ1) is 7.07.